The molecule has 4 aromatic rings. The van der Waals surface area contributed by atoms with E-state index in [0.29, 0.717) is 16.4 Å². The van der Waals surface area contributed by atoms with Crippen molar-refractivity contribution in [2.75, 3.05) is 5.32 Å². The first-order valence-corrected chi connectivity index (χ1v) is 10.3. The predicted molar refractivity (Wildman–Crippen MR) is 114 cm³/mol. The van der Waals surface area contributed by atoms with Crippen molar-refractivity contribution in [3.05, 3.63) is 65.0 Å². The molecular formula is C21H19FN6OS. The molecule has 0 fully saturated rings. The number of carbonyl (C=O) groups is 1. The Labute approximate surface area is 176 Å². The average Bonchev–Trinajstić information content (AvgIpc) is 3.33. The summed E-state index contributed by atoms with van der Waals surface area (Å²) in [6.07, 6.45) is 3.51. The van der Waals surface area contributed by atoms with Crippen molar-refractivity contribution in [3.63, 3.8) is 0 Å². The molecule has 7 nitrogen and oxygen atoms in total. The van der Waals surface area contributed by atoms with Crippen LogP contribution >= 0.6 is 11.3 Å². The molecule has 0 atom stereocenters. The van der Waals surface area contributed by atoms with Gasteiger partial charge >= 0.3 is 0 Å². The fourth-order valence-corrected chi connectivity index (χ4v) is 4.09. The zero-order valence-electron chi connectivity index (χ0n) is 16.5. The SMILES string of the molecule is CCCc1sc(NC(=O)c2nn(C)nc2-c2ccc(F)cc2)nc1-c1ccccn1. The van der Waals surface area contributed by atoms with Crippen LogP contribution in [0.4, 0.5) is 9.52 Å². The summed E-state index contributed by atoms with van der Waals surface area (Å²) >= 11 is 1.42. The van der Waals surface area contributed by atoms with Gasteiger partial charge in [-0.25, -0.2) is 9.37 Å². The van der Waals surface area contributed by atoms with Crippen molar-refractivity contribution in [3.8, 4) is 22.6 Å². The van der Waals surface area contributed by atoms with Crippen molar-refractivity contribution in [2.45, 2.75) is 19.8 Å². The molecule has 0 aliphatic rings. The highest BCUT2D eigenvalue weighted by molar-refractivity contribution is 7.16. The van der Waals surface area contributed by atoms with E-state index in [4.69, 9.17) is 0 Å². The van der Waals surface area contributed by atoms with Gasteiger partial charge in [0.1, 0.15) is 17.2 Å². The van der Waals surface area contributed by atoms with E-state index in [1.807, 2.05) is 18.2 Å². The van der Waals surface area contributed by atoms with Gasteiger partial charge in [-0.3, -0.25) is 15.1 Å². The highest BCUT2D eigenvalue weighted by Gasteiger charge is 2.22. The van der Waals surface area contributed by atoms with Crippen molar-refractivity contribution in [1.82, 2.24) is 25.0 Å². The van der Waals surface area contributed by atoms with E-state index in [-0.39, 0.29) is 11.5 Å². The largest absolute Gasteiger partial charge is 0.296 e. The van der Waals surface area contributed by atoms with Crippen molar-refractivity contribution >= 4 is 22.4 Å². The second kappa shape index (κ2) is 8.50. The average molecular weight is 422 g/mol. The number of hydrogen-bond acceptors (Lipinski definition) is 6. The van der Waals surface area contributed by atoms with E-state index >= 15 is 0 Å². The van der Waals surface area contributed by atoms with Gasteiger partial charge in [0, 0.05) is 23.7 Å². The normalized spacial score (nSPS) is 10.9. The van der Waals surface area contributed by atoms with E-state index in [2.05, 4.69) is 32.4 Å². The minimum atomic E-state index is -0.424. The first-order valence-electron chi connectivity index (χ1n) is 9.45. The summed E-state index contributed by atoms with van der Waals surface area (Å²) < 4.78 is 13.3. The van der Waals surface area contributed by atoms with Crippen LogP contribution in [0.15, 0.2) is 48.7 Å². The number of carbonyl (C=O) groups excluding carboxylic acids is 1. The van der Waals surface area contributed by atoms with Gasteiger partial charge in [0.05, 0.1) is 5.69 Å². The van der Waals surface area contributed by atoms with E-state index in [1.54, 1.807) is 25.4 Å². The number of hydrogen-bond donors (Lipinski definition) is 1. The Kier molecular flexibility index (Phi) is 5.62. The second-order valence-corrected chi connectivity index (χ2v) is 7.69. The number of amides is 1. The van der Waals surface area contributed by atoms with E-state index < -0.39 is 5.91 Å². The van der Waals surface area contributed by atoms with Gasteiger partial charge in [-0.2, -0.15) is 9.90 Å². The molecule has 3 heterocycles. The van der Waals surface area contributed by atoms with Crippen LogP contribution in [0.25, 0.3) is 22.6 Å². The highest BCUT2D eigenvalue weighted by atomic mass is 32.1. The maximum Gasteiger partial charge on any atom is 0.280 e. The second-order valence-electron chi connectivity index (χ2n) is 6.60. The summed E-state index contributed by atoms with van der Waals surface area (Å²) in [5.41, 5.74) is 2.68. The lowest BCUT2D eigenvalue weighted by molar-refractivity contribution is 0.102. The van der Waals surface area contributed by atoms with Gasteiger partial charge in [-0.15, -0.1) is 16.4 Å². The Hall–Kier alpha value is -3.46. The molecule has 1 amide bonds. The highest BCUT2D eigenvalue weighted by Crippen LogP contribution is 2.31. The first kappa shape index (κ1) is 19.8. The van der Waals surface area contributed by atoms with Crippen molar-refractivity contribution in [1.29, 1.82) is 0 Å². The minimum Gasteiger partial charge on any atom is -0.296 e. The Morgan fingerprint density at radius 3 is 2.63 bits per heavy atom. The van der Waals surface area contributed by atoms with Crippen molar-refractivity contribution in [2.24, 2.45) is 7.05 Å². The van der Waals surface area contributed by atoms with Crippen LogP contribution in [-0.4, -0.2) is 30.9 Å². The first-order chi connectivity index (χ1) is 14.5. The molecule has 0 unspecified atom stereocenters. The van der Waals surface area contributed by atoms with Gasteiger partial charge in [0.2, 0.25) is 0 Å². The van der Waals surface area contributed by atoms with E-state index in [9.17, 15) is 9.18 Å². The quantitative estimate of drug-likeness (QED) is 0.499. The molecule has 0 aliphatic heterocycles. The molecule has 1 aromatic carbocycles. The van der Waals surface area contributed by atoms with Gasteiger partial charge < -0.3 is 0 Å². The minimum absolute atomic E-state index is 0.149. The lowest BCUT2D eigenvalue weighted by Gasteiger charge is -2.01. The van der Waals surface area contributed by atoms with Crippen LogP contribution in [0, 0.1) is 5.82 Å². The lowest BCUT2D eigenvalue weighted by atomic mass is 10.1. The molecule has 0 spiro atoms. The third-order valence-corrected chi connectivity index (χ3v) is 5.38. The van der Waals surface area contributed by atoms with E-state index in [0.717, 1.165) is 29.1 Å². The predicted octanol–water partition coefficient (Wildman–Crippen LogP) is 4.34. The molecule has 0 radical (unpaired) electrons. The summed E-state index contributed by atoms with van der Waals surface area (Å²) in [7, 11) is 1.63. The number of pyridine rings is 1. The number of anilines is 1. The summed E-state index contributed by atoms with van der Waals surface area (Å²) in [6, 6.07) is 11.4. The fraction of sp³-hybridized carbons (Fsp3) is 0.190. The number of thiazole rings is 1. The molecule has 3 aromatic heterocycles. The Morgan fingerprint density at radius 2 is 1.93 bits per heavy atom. The molecule has 0 saturated heterocycles. The van der Waals surface area contributed by atoms with E-state index in [1.165, 1.54) is 28.3 Å². The number of halogens is 1. The molecule has 30 heavy (non-hydrogen) atoms. The van der Waals surface area contributed by atoms with Crippen LogP contribution in [0.5, 0.6) is 0 Å². The number of aryl methyl sites for hydroxylation is 2. The van der Waals surface area contributed by atoms with Crippen LogP contribution in [0.2, 0.25) is 0 Å². The standard InChI is InChI=1S/C21H19FN6OS/c1-3-6-16-18(15-7-4-5-12-23-15)24-21(30-16)25-20(29)19-17(26-28(2)27-19)13-8-10-14(22)11-9-13/h4-5,7-12H,3,6H2,1-2H3,(H,24,25,29). The van der Waals surface area contributed by atoms with Gasteiger partial charge in [-0.05, 0) is 42.8 Å². The molecular weight excluding hydrogens is 403 g/mol. The molecule has 0 saturated carbocycles. The van der Waals surface area contributed by atoms with Crippen molar-refractivity contribution < 1.29 is 9.18 Å². The molecule has 4 rings (SSSR count). The van der Waals surface area contributed by atoms with Crippen LogP contribution in [0.1, 0.15) is 28.7 Å². The smallest absolute Gasteiger partial charge is 0.280 e. The number of aromatic nitrogens is 5. The lowest BCUT2D eigenvalue weighted by Crippen LogP contribution is -2.14. The zero-order valence-corrected chi connectivity index (χ0v) is 17.3. The van der Waals surface area contributed by atoms with Crippen LogP contribution in [0.3, 0.4) is 0 Å². The molecule has 0 bridgehead atoms. The summed E-state index contributed by atoms with van der Waals surface area (Å²) in [5.74, 6) is -0.784. The molecule has 152 valence electrons. The van der Waals surface area contributed by atoms with Crippen LogP contribution < -0.4 is 5.32 Å². The number of nitrogens with zero attached hydrogens (tertiary/aromatic N) is 5. The zero-order chi connectivity index (χ0) is 21.1. The summed E-state index contributed by atoms with van der Waals surface area (Å²) in [6.45, 7) is 2.09. The Bertz CT molecular complexity index is 1170. The molecule has 9 heteroatoms. The number of rotatable bonds is 6. The molecule has 1 N–H and O–H groups in total. The summed E-state index contributed by atoms with van der Waals surface area (Å²) in [4.78, 5) is 24.3. The van der Waals surface area contributed by atoms with Crippen LogP contribution in [-0.2, 0) is 13.5 Å². The topological polar surface area (TPSA) is 85.6 Å². The third-order valence-electron chi connectivity index (χ3n) is 4.35. The van der Waals surface area contributed by atoms with Gasteiger partial charge in [0.15, 0.2) is 10.8 Å². The fourth-order valence-electron chi connectivity index (χ4n) is 3.02. The number of nitrogens with one attached hydrogen (secondary N) is 1. The van der Waals surface area contributed by atoms with Gasteiger partial charge in [0.25, 0.3) is 5.91 Å². The van der Waals surface area contributed by atoms with Gasteiger partial charge in [-0.1, -0.05) is 19.4 Å². The monoisotopic (exact) mass is 422 g/mol. The Balaban J connectivity index is 1.64. The molecule has 0 aliphatic carbocycles. The number of benzene rings is 1. The maximum atomic E-state index is 13.3. The Morgan fingerprint density at radius 1 is 1.13 bits per heavy atom. The third kappa shape index (κ3) is 4.11. The maximum absolute atomic E-state index is 13.3. The summed E-state index contributed by atoms with van der Waals surface area (Å²) in [5, 5.41) is 11.8.